The molecule has 1 atom stereocenters. The minimum atomic E-state index is -3.29. The minimum Gasteiger partial charge on any atom is -0.345 e. The van der Waals surface area contributed by atoms with Crippen LogP contribution in [0, 0.1) is 0 Å². The fourth-order valence-electron chi connectivity index (χ4n) is 3.21. The van der Waals surface area contributed by atoms with Crippen LogP contribution in [0.1, 0.15) is 40.9 Å². The molecule has 2 aromatic rings. The molecule has 2 aromatic carbocycles. The van der Waals surface area contributed by atoms with Gasteiger partial charge in [-0.2, -0.15) is 0 Å². The minimum absolute atomic E-state index is 0.111. The van der Waals surface area contributed by atoms with Crippen molar-refractivity contribution in [1.29, 1.82) is 0 Å². The van der Waals surface area contributed by atoms with E-state index in [4.69, 9.17) is 11.6 Å². The van der Waals surface area contributed by atoms with Crippen molar-refractivity contribution in [3.8, 4) is 0 Å². The summed E-state index contributed by atoms with van der Waals surface area (Å²) >= 11 is 5.92. The maximum atomic E-state index is 12.7. The first kappa shape index (κ1) is 18.7. The predicted octanol–water partition coefficient (Wildman–Crippen LogP) is 3.54. The Bertz CT molecular complexity index is 926. The monoisotopic (exact) mass is 392 g/mol. The summed E-state index contributed by atoms with van der Waals surface area (Å²) in [5, 5.41) is 3.69. The Labute approximate surface area is 159 Å². The van der Waals surface area contributed by atoms with Crippen LogP contribution in [-0.4, -0.2) is 27.1 Å². The van der Waals surface area contributed by atoms with Crippen molar-refractivity contribution in [1.82, 2.24) is 5.32 Å². The molecule has 1 aliphatic rings. The number of benzene rings is 2. The van der Waals surface area contributed by atoms with Crippen molar-refractivity contribution in [2.24, 2.45) is 0 Å². The maximum absolute atomic E-state index is 12.7. The van der Waals surface area contributed by atoms with E-state index >= 15 is 0 Å². The molecule has 1 aliphatic heterocycles. The standard InChI is InChI=1S/C19H21ClN2O3S/c1-3-17(13-4-7-16(20)8-5-13)21-19(23)15-6-9-18-14(12-15)10-11-22(18)26(2,24)25/h4-9,12,17H,3,10-11H2,1-2H3,(H,21,23)/t17-/m0/s1. The molecule has 5 nitrogen and oxygen atoms in total. The zero-order valence-corrected chi connectivity index (χ0v) is 16.3. The number of sulfonamides is 1. The van der Waals surface area contributed by atoms with Gasteiger partial charge < -0.3 is 5.32 Å². The third kappa shape index (κ3) is 3.86. The number of fused-ring (bicyclic) bond motifs is 1. The van der Waals surface area contributed by atoms with E-state index in [2.05, 4.69) is 5.32 Å². The second-order valence-electron chi connectivity index (χ2n) is 6.41. The van der Waals surface area contributed by atoms with Gasteiger partial charge in [-0.05, 0) is 54.3 Å². The summed E-state index contributed by atoms with van der Waals surface area (Å²) in [4.78, 5) is 12.7. The smallest absolute Gasteiger partial charge is 0.251 e. The number of nitrogens with one attached hydrogen (secondary N) is 1. The molecule has 3 rings (SSSR count). The van der Waals surface area contributed by atoms with Crippen LogP contribution in [0.4, 0.5) is 5.69 Å². The van der Waals surface area contributed by atoms with E-state index in [0.717, 1.165) is 17.5 Å². The van der Waals surface area contributed by atoms with Crippen LogP contribution in [0.5, 0.6) is 0 Å². The number of halogens is 1. The van der Waals surface area contributed by atoms with Crippen molar-refractivity contribution in [2.45, 2.75) is 25.8 Å². The number of carbonyl (C=O) groups excluding carboxylic acids is 1. The molecule has 26 heavy (non-hydrogen) atoms. The fraction of sp³-hybridized carbons (Fsp3) is 0.316. The molecule has 0 aromatic heterocycles. The lowest BCUT2D eigenvalue weighted by Gasteiger charge is -2.19. The summed E-state index contributed by atoms with van der Waals surface area (Å²) in [6.45, 7) is 2.42. The van der Waals surface area contributed by atoms with Crippen molar-refractivity contribution in [2.75, 3.05) is 17.1 Å². The van der Waals surface area contributed by atoms with Crippen molar-refractivity contribution < 1.29 is 13.2 Å². The molecule has 138 valence electrons. The molecule has 0 saturated carbocycles. The summed E-state index contributed by atoms with van der Waals surface area (Å²) in [6, 6.07) is 12.5. The van der Waals surface area contributed by atoms with Gasteiger partial charge in [0.25, 0.3) is 5.91 Å². The lowest BCUT2D eigenvalue weighted by atomic mass is 10.0. The fourth-order valence-corrected chi connectivity index (χ4v) is 4.30. The molecule has 0 fully saturated rings. The quantitative estimate of drug-likeness (QED) is 0.846. The maximum Gasteiger partial charge on any atom is 0.251 e. The van der Waals surface area contributed by atoms with Gasteiger partial charge in [0.2, 0.25) is 10.0 Å². The van der Waals surface area contributed by atoms with Gasteiger partial charge in [-0.15, -0.1) is 0 Å². The van der Waals surface area contributed by atoms with Gasteiger partial charge in [-0.3, -0.25) is 9.10 Å². The Morgan fingerprint density at radius 2 is 1.92 bits per heavy atom. The van der Waals surface area contributed by atoms with Gasteiger partial charge in [-0.1, -0.05) is 30.7 Å². The first-order valence-corrected chi connectivity index (χ1v) is 10.7. The molecule has 0 saturated heterocycles. The molecule has 7 heteroatoms. The lowest BCUT2D eigenvalue weighted by Crippen LogP contribution is -2.28. The predicted molar refractivity (Wildman–Crippen MR) is 104 cm³/mol. The van der Waals surface area contributed by atoms with Gasteiger partial charge >= 0.3 is 0 Å². The van der Waals surface area contributed by atoms with E-state index in [1.165, 1.54) is 10.6 Å². The van der Waals surface area contributed by atoms with Crippen LogP contribution in [0.3, 0.4) is 0 Å². The third-order valence-corrected chi connectivity index (χ3v) is 6.01. The molecular weight excluding hydrogens is 372 g/mol. The van der Waals surface area contributed by atoms with Crippen LogP contribution in [0.15, 0.2) is 42.5 Å². The van der Waals surface area contributed by atoms with Crippen LogP contribution in [0.25, 0.3) is 0 Å². The zero-order valence-electron chi connectivity index (χ0n) is 14.7. The second-order valence-corrected chi connectivity index (χ2v) is 8.76. The Hall–Kier alpha value is -2.05. The Morgan fingerprint density at radius 1 is 1.23 bits per heavy atom. The number of carbonyl (C=O) groups is 1. The number of rotatable bonds is 5. The number of anilines is 1. The van der Waals surface area contributed by atoms with Gasteiger partial charge in [-0.25, -0.2) is 8.42 Å². The van der Waals surface area contributed by atoms with E-state index in [1.807, 2.05) is 19.1 Å². The van der Waals surface area contributed by atoms with E-state index in [0.29, 0.717) is 29.2 Å². The van der Waals surface area contributed by atoms with Crippen LogP contribution < -0.4 is 9.62 Å². The van der Waals surface area contributed by atoms with Gasteiger partial charge in [0.15, 0.2) is 0 Å². The van der Waals surface area contributed by atoms with E-state index in [9.17, 15) is 13.2 Å². The van der Waals surface area contributed by atoms with E-state index in [1.54, 1.807) is 30.3 Å². The first-order chi connectivity index (χ1) is 12.3. The van der Waals surface area contributed by atoms with Gasteiger partial charge in [0.1, 0.15) is 0 Å². The van der Waals surface area contributed by atoms with E-state index in [-0.39, 0.29) is 11.9 Å². The Balaban J connectivity index is 1.79. The Kier molecular flexibility index (Phi) is 5.25. The summed E-state index contributed by atoms with van der Waals surface area (Å²) < 4.78 is 25.0. The highest BCUT2D eigenvalue weighted by Gasteiger charge is 2.27. The van der Waals surface area contributed by atoms with Crippen LogP contribution in [-0.2, 0) is 16.4 Å². The molecule has 1 amide bonds. The second kappa shape index (κ2) is 7.29. The summed E-state index contributed by atoms with van der Waals surface area (Å²) in [5.41, 5.74) is 3.07. The largest absolute Gasteiger partial charge is 0.345 e. The Morgan fingerprint density at radius 3 is 2.54 bits per heavy atom. The highest BCUT2D eigenvalue weighted by Crippen LogP contribution is 2.31. The number of amides is 1. The average molecular weight is 393 g/mol. The number of hydrogen-bond acceptors (Lipinski definition) is 3. The highest BCUT2D eigenvalue weighted by atomic mass is 35.5. The zero-order chi connectivity index (χ0) is 18.9. The molecular formula is C19H21ClN2O3S. The SMILES string of the molecule is CC[C@H](NC(=O)c1ccc2c(c1)CCN2S(C)(=O)=O)c1ccc(Cl)cc1. The number of hydrogen-bond donors (Lipinski definition) is 1. The molecule has 0 bridgehead atoms. The lowest BCUT2D eigenvalue weighted by molar-refractivity contribution is 0.0935. The molecule has 1 heterocycles. The first-order valence-electron chi connectivity index (χ1n) is 8.46. The molecule has 0 spiro atoms. The molecule has 0 aliphatic carbocycles. The van der Waals surface area contributed by atoms with Gasteiger partial charge in [0.05, 0.1) is 18.0 Å². The topological polar surface area (TPSA) is 66.5 Å². The van der Waals surface area contributed by atoms with E-state index < -0.39 is 10.0 Å². The summed E-state index contributed by atoms with van der Waals surface area (Å²) in [7, 11) is -3.29. The molecule has 1 N–H and O–H groups in total. The summed E-state index contributed by atoms with van der Waals surface area (Å²) in [5.74, 6) is -0.174. The number of nitrogens with zero attached hydrogens (tertiary/aromatic N) is 1. The van der Waals surface area contributed by atoms with Gasteiger partial charge in [0, 0.05) is 17.1 Å². The van der Waals surface area contributed by atoms with Crippen molar-refractivity contribution in [3.05, 3.63) is 64.2 Å². The highest BCUT2D eigenvalue weighted by molar-refractivity contribution is 7.92. The average Bonchev–Trinajstić information content (AvgIpc) is 3.03. The third-order valence-electron chi connectivity index (χ3n) is 4.58. The van der Waals surface area contributed by atoms with Crippen molar-refractivity contribution >= 4 is 33.2 Å². The normalized spacial score (nSPS) is 14.8. The molecule has 0 unspecified atom stereocenters. The summed E-state index contributed by atoms with van der Waals surface area (Å²) in [6.07, 6.45) is 2.55. The van der Waals surface area contributed by atoms with Crippen LogP contribution >= 0.6 is 11.6 Å². The van der Waals surface area contributed by atoms with Crippen molar-refractivity contribution in [3.63, 3.8) is 0 Å². The molecule has 0 radical (unpaired) electrons. The van der Waals surface area contributed by atoms with Crippen LogP contribution in [0.2, 0.25) is 5.02 Å².